The second-order valence-electron chi connectivity index (χ2n) is 9.90. The van der Waals surface area contributed by atoms with E-state index in [2.05, 4.69) is 0 Å². The van der Waals surface area contributed by atoms with Crippen LogP contribution in [0, 0.1) is 16.7 Å². The van der Waals surface area contributed by atoms with Crippen molar-refractivity contribution in [3.63, 3.8) is 0 Å². The van der Waals surface area contributed by atoms with Crippen molar-refractivity contribution < 1.29 is 34.8 Å². The van der Waals surface area contributed by atoms with Crippen LogP contribution < -0.4 is 0 Å². The number of aliphatic hydroxyl groups excluding tert-OH is 4. The summed E-state index contributed by atoms with van der Waals surface area (Å²) in [6.45, 7) is 7.05. The van der Waals surface area contributed by atoms with E-state index in [0.717, 1.165) is 0 Å². The standard InChI is InChI=1S/C21H30O7/c1-20(2)5-10-15(17(27)16(26)14(25)9-22)11-6-21(3,4)8-13(24)19(11)28-18(10)12(23)7-20/h14-17,22,25-27H,5-9H2,1-4H3/t14-,16-,17+/m0/s1. The van der Waals surface area contributed by atoms with Gasteiger partial charge in [0.2, 0.25) is 0 Å². The predicted molar refractivity (Wildman–Crippen MR) is 99.8 cm³/mol. The normalized spacial score (nSPS) is 27.7. The van der Waals surface area contributed by atoms with Gasteiger partial charge in [0, 0.05) is 18.8 Å². The molecule has 0 aromatic carbocycles. The number of ketones is 2. The Morgan fingerprint density at radius 1 is 0.893 bits per heavy atom. The molecule has 0 aromatic heterocycles. The Hall–Kier alpha value is -1.54. The number of carbonyl (C=O) groups excluding carboxylic acids is 2. The quantitative estimate of drug-likeness (QED) is 0.560. The lowest BCUT2D eigenvalue weighted by Gasteiger charge is -2.45. The van der Waals surface area contributed by atoms with E-state index in [1.165, 1.54) is 0 Å². The Bertz CT molecular complexity index is 707. The lowest BCUT2D eigenvalue weighted by Crippen LogP contribution is -2.48. The molecule has 0 saturated carbocycles. The molecule has 0 aromatic rings. The summed E-state index contributed by atoms with van der Waals surface area (Å²) in [7, 11) is 0. The summed E-state index contributed by atoms with van der Waals surface area (Å²) < 4.78 is 5.81. The molecular weight excluding hydrogens is 364 g/mol. The molecule has 0 amide bonds. The van der Waals surface area contributed by atoms with Gasteiger partial charge in [-0.25, -0.2) is 0 Å². The van der Waals surface area contributed by atoms with Gasteiger partial charge in [-0.05, 0) is 34.8 Å². The highest BCUT2D eigenvalue weighted by atomic mass is 16.5. The lowest BCUT2D eigenvalue weighted by molar-refractivity contribution is -0.126. The highest BCUT2D eigenvalue weighted by Crippen LogP contribution is 2.52. The molecule has 2 aliphatic carbocycles. The first-order valence-electron chi connectivity index (χ1n) is 9.72. The van der Waals surface area contributed by atoms with Crippen molar-refractivity contribution in [2.45, 2.75) is 71.7 Å². The van der Waals surface area contributed by atoms with Gasteiger partial charge in [0.05, 0.1) is 12.7 Å². The fourth-order valence-corrected chi connectivity index (χ4v) is 4.71. The van der Waals surface area contributed by atoms with Crippen LogP contribution in [0.4, 0.5) is 0 Å². The van der Waals surface area contributed by atoms with Gasteiger partial charge in [0.1, 0.15) is 12.2 Å². The number of Topliss-reactive ketones (excluding diaryl/α,β-unsaturated/α-hetero) is 2. The summed E-state index contributed by atoms with van der Waals surface area (Å²) in [6.07, 6.45) is -3.20. The minimum absolute atomic E-state index is 0.0841. The first kappa shape index (κ1) is 21.2. The van der Waals surface area contributed by atoms with Crippen LogP contribution >= 0.6 is 0 Å². The molecule has 3 atom stereocenters. The first-order valence-corrected chi connectivity index (χ1v) is 9.72. The zero-order valence-corrected chi connectivity index (χ0v) is 16.9. The number of hydrogen-bond donors (Lipinski definition) is 4. The summed E-state index contributed by atoms with van der Waals surface area (Å²) in [5.74, 6) is -1.11. The van der Waals surface area contributed by atoms with Crippen LogP contribution in [-0.2, 0) is 14.3 Å². The monoisotopic (exact) mass is 394 g/mol. The van der Waals surface area contributed by atoms with E-state index in [0.29, 0.717) is 24.0 Å². The number of carbonyl (C=O) groups is 2. The molecule has 0 bridgehead atoms. The Labute approximate surface area is 164 Å². The number of allylic oxidation sites excluding steroid dienone is 2. The van der Waals surface area contributed by atoms with Crippen LogP contribution in [0.25, 0.3) is 0 Å². The van der Waals surface area contributed by atoms with E-state index >= 15 is 0 Å². The molecule has 3 aliphatic rings. The molecule has 7 heteroatoms. The van der Waals surface area contributed by atoms with Gasteiger partial charge >= 0.3 is 0 Å². The molecular formula is C21H30O7. The number of aliphatic hydroxyl groups is 4. The van der Waals surface area contributed by atoms with Crippen LogP contribution in [0.15, 0.2) is 22.7 Å². The second-order valence-corrected chi connectivity index (χ2v) is 9.90. The topological polar surface area (TPSA) is 124 Å². The van der Waals surface area contributed by atoms with Gasteiger partial charge in [0.25, 0.3) is 0 Å². The van der Waals surface area contributed by atoms with Crippen LogP contribution in [0.5, 0.6) is 0 Å². The Balaban J connectivity index is 2.13. The summed E-state index contributed by atoms with van der Waals surface area (Å²) in [5, 5.41) is 40.4. The largest absolute Gasteiger partial charge is 0.450 e. The van der Waals surface area contributed by atoms with E-state index in [1.54, 1.807) is 0 Å². The molecule has 0 saturated heterocycles. The van der Waals surface area contributed by atoms with Crippen molar-refractivity contribution in [2.75, 3.05) is 6.61 Å². The van der Waals surface area contributed by atoms with Crippen LogP contribution in [0.2, 0.25) is 0 Å². The first-order chi connectivity index (χ1) is 12.9. The molecule has 1 heterocycles. The van der Waals surface area contributed by atoms with E-state index in [1.807, 2.05) is 27.7 Å². The van der Waals surface area contributed by atoms with Gasteiger partial charge in [-0.3, -0.25) is 9.59 Å². The van der Waals surface area contributed by atoms with Crippen molar-refractivity contribution >= 4 is 11.6 Å². The van der Waals surface area contributed by atoms with E-state index in [4.69, 9.17) is 4.74 Å². The van der Waals surface area contributed by atoms with Crippen molar-refractivity contribution in [3.8, 4) is 0 Å². The molecule has 0 fully saturated rings. The molecule has 1 aliphatic heterocycles. The maximum atomic E-state index is 12.7. The fourth-order valence-electron chi connectivity index (χ4n) is 4.71. The van der Waals surface area contributed by atoms with Gasteiger partial charge < -0.3 is 25.2 Å². The van der Waals surface area contributed by atoms with Crippen molar-refractivity contribution in [3.05, 3.63) is 22.7 Å². The summed E-state index contributed by atoms with van der Waals surface area (Å²) in [4.78, 5) is 25.5. The maximum absolute atomic E-state index is 12.7. The van der Waals surface area contributed by atoms with Crippen molar-refractivity contribution in [1.82, 2.24) is 0 Å². The summed E-state index contributed by atoms with van der Waals surface area (Å²) >= 11 is 0. The smallest absolute Gasteiger partial charge is 0.198 e. The zero-order valence-electron chi connectivity index (χ0n) is 16.9. The zero-order chi connectivity index (χ0) is 21.0. The SMILES string of the molecule is CC1(C)CC(=O)C2=C(C1)C([C@@H](O)[C@@H](O)[C@@H](O)CO)C1=C(O2)C(=O)CC(C)(C)C1. The highest BCUT2D eigenvalue weighted by Gasteiger charge is 2.50. The summed E-state index contributed by atoms with van der Waals surface area (Å²) in [6, 6.07) is 0. The van der Waals surface area contributed by atoms with Gasteiger partial charge in [-0.2, -0.15) is 0 Å². The van der Waals surface area contributed by atoms with Gasteiger partial charge in [0.15, 0.2) is 23.1 Å². The Morgan fingerprint density at radius 3 is 1.71 bits per heavy atom. The molecule has 28 heavy (non-hydrogen) atoms. The van der Waals surface area contributed by atoms with E-state index in [9.17, 15) is 30.0 Å². The van der Waals surface area contributed by atoms with Crippen molar-refractivity contribution in [1.29, 1.82) is 0 Å². The third-order valence-electron chi connectivity index (χ3n) is 5.93. The van der Waals surface area contributed by atoms with Crippen LogP contribution in [-0.4, -0.2) is 56.9 Å². The Kier molecular flexibility index (Phi) is 5.34. The van der Waals surface area contributed by atoms with E-state index in [-0.39, 0.29) is 46.8 Å². The van der Waals surface area contributed by atoms with Crippen LogP contribution in [0.3, 0.4) is 0 Å². The average Bonchev–Trinajstić information content (AvgIpc) is 2.56. The summed E-state index contributed by atoms with van der Waals surface area (Å²) in [5.41, 5.74) is 0.401. The molecule has 0 radical (unpaired) electrons. The minimum atomic E-state index is -1.63. The highest BCUT2D eigenvalue weighted by molar-refractivity contribution is 6.01. The molecule has 0 unspecified atom stereocenters. The van der Waals surface area contributed by atoms with Crippen molar-refractivity contribution in [2.24, 2.45) is 16.7 Å². The molecule has 156 valence electrons. The molecule has 3 rings (SSSR count). The average molecular weight is 394 g/mol. The second kappa shape index (κ2) is 7.06. The third-order valence-corrected chi connectivity index (χ3v) is 5.93. The fraction of sp³-hybridized carbons (Fsp3) is 0.714. The Morgan fingerprint density at radius 2 is 1.32 bits per heavy atom. The lowest BCUT2D eigenvalue weighted by atomic mass is 9.64. The van der Waals surface area contributed by atoms with E-state index < -0.39 is 30.8 Å². The van der Waals surface area contributed by atoms with Gasteiger partial charge in [-0.1, -0.05) is 27.7 Å². The number of hydrogen-bond acceptors (Lipinski definition) is 7. The minimum Gasteiger partial charge on any atom is -0.450 e. The molecule has 4 N–H and O–H groups in total. The predicted octanol–water partition coefficient (Wildman–Crippen LogP) is 0.994. The van der Waals surface area contributed by atoms with Crippen LogP contribution in [0.1, 0.15) is 53.4 Å². The number of rotatable bonds is 4. The third kappa shape index (κ3) is 3.68. The molecule has 0 spiro atoms. The number of ether oxygens (including phenoxy) is 1. The molecule has 7 nitrogen and oxygen atoms in total. The maximum Gasteiger partial charge on any atom is 0.198 e. The van der Waals surface area contributed by atoms with Gasteiger partial charge in [-0.15, -0.1) is 0 Å².